The first-order valence-corrected chi connectivity index (χ1v) is 7.07. The Balaban J connectivity index is 1.81. The standard InChI is InChI=1S/C15H24N2O2/c1-4-17(5-2)10-12(3)16-9-13-6-7-14-15(8-13)19-11-18-14/h6-8,12,16H,4-5,9-11H2,1-3H3. The predicted octanol–water partition coefficient (Wildman–Crippen LogP) is 2.24. The maximum atomic E-state index is 5.39. The Kier molecular flexibility index (Phi) is 5.05. The molecule has 0 radical (unpaired) electrons. The van der Waals surface area contributed by atoms with E-state index in [4.69, 9.17) is 9.47 Å². The highest BCUT2D eigenvalue weighted by atomic mass is 16.7. The number of nitrogens with zero attached hydrogens (tertiary/aromatic N) is 1. The summed E-state index contributed by atoms with van der Waals surface area (Å²) in [5, 5.41) is 3.55. The van der Waals surface area contributed by atoms with Gasteiger partial charge in [0.25, 0.3) is 0 Å². The van der Waals surface area contributed by atoms with E-state index in [1.807, 2.05) is 6.07 Å². The summed E-state index contributed by atoms with van der Waals surface area (Å²) in [7, 11) is 0. The average molecular weight is 264 g/mol. The summed E-state index contributed by atoms with van der Waals surface area (Å²) in [5.74, 6) is 1.70. The van der Waals surface area contributed by atoms with Gasteiger partial charge in [-0.2, -0.15) is 0 Å². The molecule has 4 heteroatoms. The van der Waals surface area contributed by atoms with Gasteiger partial charge in [0.2, 0.25) is 6.79 Å². The van der Waals surface area contributed by atoms with Crippen LogP contribution in [0.4, 0.5) is 0 Å². The van der Waals surface area contributed by atoms with Crippen molar-refractivity contribution in [3.63, 3.8) is 0 Å². The van der Waals surface area contributed by atoms with Gasteiger partial charge in [-0.15, -0.1) is 0 Å². The first-order chi connectivity index (χ1) is 9.22. The lowest BCUT2D eigenvalue weighted by atomic mass is 10.2. The fourth-order valence-electron chi connectivity index (χ4n) is 2.28. The first kappa shape index (κ1) is 14.2. The van der Waals surface area contributed by atoms with Crippen LogP contribution in [0.5, 0.6) is 11.5 Å². The summed E-state index contributed by atoms with van der Waals surface area (Å²) >= 11 is 0. The molecule has 0 fully saturated rings. The Labute approximate surface area is 115 Å². The van der Waals surface area contributed by atoms with Crippen molar-refractivity contribution in [1.82, 2.24) is 10.2 Å². The molecule has 0 bridgehead atoms. The molecular weight excluding hydrogens is 240 g/mol. The van der Waals surface area contributed by atoms with Gasteiger partial charge in [0.1, 0.15) is 0 Å². The van der Waals surface area contributed by atoms with Crippen LogP contribution in [-0.2, 0) is 6.54 Å². The van der Waals surface area contributed by atoms with E-state index in [1.54, 1.807) is 0 Å². The molecule has 1 N–H and O–H groups in total. The third-order valence-corrected chi connectivity index (χ3v) is 3.52. The second-order valence-electron chi connectivity index (χ2n) is 4.96. The molecule has 1 unspecified atom stereocenters. The molecule has 0 saturated heterocycles. The van der Waals surface area contributed by atoms with Crippen molar-refractivity contribution in [1.29, 1.82) is 0 Å². The van der Waals surface area contributed by atoms with Crippen molar-refractivity contribution in [3.05, 3.63) is 23.8 Å². The Morgan fingerprint density at radius 3 is 2.68 bits per heavy atom. The molecule has 1 atom stereocenters. The van der Waals surface area contributed by atoms with Crippen LogP contribution in [-0.4, -0.2) is 37.4 Å². The summed E-state index contributed by atoms with van der Waals surface area (Å²) in [5.41, 5.74) is 1.23. The molecule has 106 valence electrons. The van der Waals surface area contributed by atoms with Crippen molar-refractivity contribution in [2.75, 3.05) is 26.4 Å². The van der Waals surface area contributed by atoms with Crippen LogP contribution >= 0.6 is 0 Å². The maximum Gasteiger partial charge on any atom is 0.231 e. The van der Waals surface area contributed by atoms with E-state index in [0.29, 0.717) is 12.8 Å². The highest BCUT2D eigenvalue weighted by Crippen LogP contribution is 2.32. The number of hydrogen-bond donors (Lipinski definition) is 1. The molecule has 4 nitrogen and oxygen atoms in total. The van der Waals surface area contributed by atoms with Crippen LogP contribution in [0.15, 0.2) is 18.2 Å². The van der Waals surface area contributed by atoms with Gasteiger partial charge >= 0.3 is 0 Å². The monoisotopic (exact) mass is 264 g/mol. The molecule has 1 aliphatic rings. The van der Waals surface area contributed by atoms with Crippen LogP contribution in [0.25, 0.3) is 0 Å². The summed E-state index contributed by atoms with van der Waals surface area (Å²) in [6.07, 6.45) is 0. The third kappa shape index (κ3) is 3.85. The van der Waals surface area contributed by atoms with E-state index in [2.05, 4.69) is 43.1 Å². The minimum atomic E-state index is 0.338. The SMILES string of the molecule is CCN(CC)CC(C)NCc1ccc2c(c1)OCO2. The molecule has 0 aromatic heterocycles. The number of hydrogen-bond acceptors (Lipinski definition) is 4. The van der Waals surface area contributed by atoms with Crippen molar-refractivity contribution in [3.8, 4) is 11.5 Å². The first-order valence-electron chi connectivity index (χ1n) is 7.07. The van der Waals surface area contributed by atoms with Gasteiger partial charge in [0.15, 0.2) is 11.5 Å². The minimum absolute atomic E-state index is 0.338. The van der Waals surface area contributed by atoms with Gasteiger partial charge in [-0.25, -0.2) is 0 Å². The molecule has 1 heterocycles. The van der Waals surface area contributed by atoms with Crippen LogP contribution in [0.3, 0.4) is 0 Å². The predicted molar refractivity (Wildman–Crippen MR) is 76.7 cm³/mol. The van der Waals surface area contributed by atoms with Crippen LogP contribution in [0, 0.1) is 0 Å². The molecule has 0 aliphatic carbocycles. The molecule has 0 saturated carbocycles. The van der Waals surface area contributed by atoms with E-state index in [9.17, 15) is 0 Å². The Hall–Kier alpha value is -1.26. The van der Waals surface area contributed by atoms with Gasteiger partial charge < -0.3 is 19.7 Å². The van der Waals surface area contributed by atoms with Crippen LogP contribution in [0.1, 0.15) is 26.3 Å². The zero-order chi connectivity index (χ0) is 13.7. The zero-order valence-electron chi connectivity index (χ0n) is 12.1. The van der Waals surface area contributed by atoms with Crippen molar-refractivity contribution in [2.45, 2.75) is 33.4 Å². The maximum absolute atomic E-state index is 5.39. The molecule has 1 aromatic rings. The van der Waals surface area contributed by atoms with Gasteiger partial charge in [0.05, 0.1) is 0 Å². The van der Waals surface area contributed by atoms with E-state index < -0.39 is 0 Å². The number of nitrogens with one attached hydrogen (secondary N) is 1. The van der Waals surface area contributed by atoms with E-state index in [-0.39, 0.29) is 0 Å². The lowest BCUT2D eigenvalue weighted by Gasteiger charge is -2.23. The fourth-order valence-corrected chi connectivity index (χ4v) is 2.28. The summed E-state index contributed by atoms with van der Waals surface area (Å²) in [6, 6.07) is 6.60. The largest absolute Gasteiger partial charge is 0.454 e. The van der Waals surface area contributed by atoms with Crippen molar-refractivity contribution >= 4 is 0 Å². The lowest BCUT2D eigenvalue weighted by molar-refractivity contribution is 0.174. The molecule has 1 aromatic carbocycles. The van der Waals surface area contributed by atoms with E-state index in [1.165, 1.54) is 5.56 Å². The number of fused-ring (bicyclic) bond motifs is 1. The summed E-state index contributed by atoms with van der Waals surface area (Å²) in [4.78, 5) is 2.43. The van der Waals surface area contributed by atoms with Crippen LogP contribution in [0.2, 0.25) is 0 Å². The van der Waals surface area contributed by atoms with Crippen molar-refractivity contribution in [2.24, 2.45) is 0 Å². The van der Waals surface area contributed by atoms with Gasteiger partial charge in [0, 0.05) is 19.1 Å². The highest BCUT2D eigenvalue weighted by molar-refractivity contribution is 5.44. The lowest BCUT2D eigenvalue weighted by Crippen LogP contribution is -2.38. The Morgan fingerprint density at radius 1 is 1.21 bits per heavy atom. The molecule has 0 amide bonds. The summed E-state index contributed by atoms with van der Waals surface area (Å²) in [6.45, 7) is 11.1. The number of benzene rings is 1. The number of ether oxygens (including phenoxy) is 2. The number of likely N-dealkylation sites (N-methyl/N-ethyl adjacent to an activating group) is 1. The number of rotatable bonds is 7. The van der Waals surface area contributed by atoms with E-state index >= 15 is 0 Å². The fraction of sp³-hybridized carbons (Fsp3) is 0.600. The Bertz CT molecular complexity index is 405. The minimum Gasteiger partial charge on any atom is -0.454 e. The average Bonchev–Trinajstić information content (AvgIpc) is 2.89. The van der Waals surface area contributed by atoms with Gasteiger partial charge in [-0.3, -0.25) is 0 Å². The molecule has 0 spiro atoms. The highest BCUT2D eigenvalue weighted by Gasteiger charge is 2.13. The molecular formula is C15H24N2O2. The molecule has 19 heavy (non-hydrogen) atoms. The normalized spacial score (nSPS) is 14.9. The van der Waals surface area contributed by atoms with Crippen LogP contribution < -0.4 is 14.8 Å². The third-order valence-electron chi connectivity index (χ3n) is 3.52. The van der Waals surface area contributed by atoms with E-state index in [0.717, 1.165) is 37.7 Å². The topological polar surface area (TPSA) is 33.7 Å². The van der Waals surface area contributed by atoms with Crippen molar-refractivity contribution < 1.29 is 9.47 Å². The smallest absolute Gasteiger partial charge is 0.231 e. The van der Waals surface area contributed by atoms with Gasteiger partial charge in [-0.1, -0.05) is 19.9 Å². The Morgan fingerprint density at radius 2 is 1.95 bits per heavy atom. The quantitative estimate of drug-likeness (QED) is 0.819. The molecule has 1 aliphatic heterocycles. The zero-order valence-corrected chi connectivity index (χ0v) is 12.1. The second-order valence-corrected chi connectivity index (χ2v) is 4.96. The second kappa shape index (κ2) is 6.78. The summed E-state index contributed by atoms with van der Waals surface area (Å²) < 4.78 is 10.7. The molecule has 2 rings (SSSR count). The van der Waals surface area contributed by atoms with Gasteiger partial charge in [-0.05, 0) is 37.7 Å².